The van der Waals surface area contributed by atoms with E-state index in [9.17, 15) is 14.4 Å². The van der Waals surface area contributed by atoms with E-state index in [1.807, 2.05) is 0 Å². The molecule has 2 rings (SSSR count). The molecule has 1 aromatic rings. The summed E-state index contributed by atoms with van der Waals surface area (Å²) in [6, 6.07) is 1.46. The number of anilines is 1. The lowest BCUT2D eigenvalue weighted by atomic mass is 9.95. The number of amides is 2. The largest absolute Gasteiger partial charge is 0.339 e. The Kier molecular flexibility index (Phi) is 5.93. The molecule has 138 valence electrons. The van der Waals surface area contributed by atoms with Crippen LogP contribution in [0.25, 0.3) is 0 Å². The van der Waals surface area contributed by atoms with Crippen LogP contribution in [0.4, 0.5) is 5.69 Å². The second-order valence-electron chi connectivity index (χ2n) is 7.50. The minimum atomic E-state index is -0.810. The molecule has 7 heteroatoms. The van der Waals surface area contributed by atoms with Crippen LogP contribution in [0.2, 0.25) is 0 Å². The van der Waals surface area contributed by atoms with Gasteiger partial charge in [0.15, 0.2) is 0 Å². The third-order valence-electron chi connectivity index (χ3n) is 4.70. The van der Waals surface area contributed by atoms with Crippen molar-refractivity contribution < 1.29 is 9.59 Å². The summed E-state index contributed by atoms with van der Waals surface area (Å²) in [6.07, 6.45) is 3.47. The van der Waals surface area contributed by atoms with Gasteiger partial charge < -0.3 is 14.8 Å². The van der Waals surface area contributed by atoms with E-state index in [0.717, 1.165) is 12.8 Å². The summed E-state index contributed by atoms with van der Waals surface area (Å²) in [5.74, 6) is 0.284. The lowest BCUT2D eigenvalue weighted by molar-refractivity contribution is -0.122. The Labute approximate surface area is 153 Å². The molecule has 0 unspecified atom stereocenters. The standard InChI is InChI=1S/C18H26ClN3O3/c1-12-5-7-22(8-6-12)15(23)13-9-14(16(24)21(4)10-13)20-17(25)18(2,3)11-19/h9-10,12H,5-8,11H2,1-4H3,(H,20,25). The normalized spacial score (nSPS) is 16.0. The molecule has 1 fully saturated rings. The molecule has 2 amide bonds. The van der Waals surface area contributed by atoms with E-state index in [2.05, 4.69) is 12.2 Å². The Morgan fingerprint density at radius 2 is 1.92 bits per heavy atom. The highest BCUT2D eigenvalue weighted by Crippen LogP contribution is 2.21. The average molecular weight is 368 g/mol. The molecule has 1 N–H and O–H groups in total. The van der Waals surface area contributed by atoms with Gasteiger partial charge in [0, 0.05) is 32.2 Å². The van der Waals surface area contributed by atoms with E-state index in [1.165, 1.54) is 16.8 Å². The number of piperidine rings is 1. The highest BCUT2D eigenvalue weighted by Gasteiger charge is 2.28. The lowest BCUT2D eigenvalue weighted by Crippen LogP contribution is -2.39. The molecule has 1 aromatic heterocycles. The summed E-state index contributed by atoms with van der Waals surface area (Å²) >= 11 is 5.82. The van der Waals surface area contributed by atoms with Gasteiger partial charge in [-0.25, -0.2) is 0 Å². The number of aromatic nitrogens is 1. The van der Waals surface area contributed by atoms with Gasteiger partial charge in [0.25, 0.3) is 11.5 Å². The fraction of sp³-hybridized carbons (Fsp3) is 0.611. The van der Waals surface area contributed by atoms with E-state index in [1.54, 1.807) is 25.8 Å². The van der Waals surface area contributed by atoms with Gasteiger partial charge in [-0.15, -0.1) is 11.6 Å². The van der Waals surface area contributed by atoms with Gasteiger partial charge in [-0.2, -0.15) is 0 Å². The summed E-state index contributed by atoms with van der Waals surface area (Å²) in [5.41, 5.74) is -0.671. The van der Waals surface area contributed by atoms with Crippen molar-refractivity contribution in [2.45, 2.75) is 33.6 Å². The molecule has 1 aliphatic rings. The van der Waals surface area contributed by atoms with E-state index in [0.29, 0.717) is 24.6 Å². The monoisotopic (exact) mass is 367 g/mol. The molecule has 0 radical (unpaired) electrons. The molecule has 0 bridgehead atoms. The highest BCUT2D eigenvalue weighted by molar-refractivity contribution is 6.20. The molecular weight excluding hydrogens is 342 g/mol. The first kappa shape index (κ1) is 19.5. The molecular formula is C18H26ClN3O3. The van der Waals surface area contributed by atoms with Crippen molar-refractivity contribution in [2.24, 2.45) is 18.4 Å². The number of pyridine rings is 1. The molecule has 2 heterocycles. The van der Waals surface area contributed by atoms with Gasteiger partial charge in [0.1, 0.15) is 5.69 Å². The van der Waals surface area contributed by atoms with E-state index in [4.69, 9.17) is 11.6 Å². The zero-order valence-electron chi connectivity index (χ0n) is 15.3. The fourth-order valence-electron chi connectivity index (χ4n) is 2.66. The van der Waals surface area contributed by atoms with Crippen LogP contribution in [-0.4, -0.2) is 40.3 Å². The number of carbonyl (C=O) groups excluding carboxylic acids is 2. The van der Waals surface area contributed by atoms with Crippen molar-refractivity contribution in [1.29, 1.82) is 0 Å². The number of hydrogen-bond donors (Lipinski definition) is 1. The van der Waals surface area contributed by atoms with Crippen LogP contribution >= 0.6 is 11.6 Å². The van der Waals surface area contributed by atoms with Crippen LogP contribution in [-0.2, 0) is 11.8 Å². The van der Waals surface area contributed by atoms with Crippen LogP contribution in [0.5, 0.6) is 0 Å². The topological polar surface area (TPSA) is 71.4 Å². The zero-order valence-corrected chi connectivity index (χ0v) is 16.0. The number of nitrogens with one attached hydrogen (secondary N) is 1. The first-order chi connectivity index (χ1) is 11.7. The zero-order chi connectivity index (χ0) is 18.8. The van der Waals surface area contributed by atoms with Gasteiger partial charge in [-0.05, 0) is 38.7 Å². The Balaban J connectivity index is 2.27. The SMILES string of the molecule is CC1CCN(C(=O)c2cc(NC(=O)C(C)(C)CCl)c(=O)n(C)c2)CC1. The number of alkyl halides is 1. The maximum atomic E-state index is 12.7. The minimum absolute atomic E-state index is 0.0990. The highest BCUT2D eigenvalue weighted by atomic mass is 35.5. The average Bonchev–Trinajstić information content (AvgIpc) is 2.58. The number of hydrogen-bond acceptors (Lipinski definition) is 3. The predicted molar refractivity (Wildman–Crippen MR) is 99.1 cm³/mol. The molecule has 0 atom stereocenters. The maximum absolute atomic E-state index is 12.7. The number of carbonyl (C=O) groups is 2. The summed E-state index contributed by atoms with van der Waals surface area (Å²) in [5, 5.41) is 2.62. The van der Waals surface area contributed by atoms with E-state index >= 15 is 0 Å². The summed E-state index contributed by atoms with van der Waals surface area (Å²) < 4.78 is 1.32. The summed E-state index contributed by atoms with van der Waals surface area (Å²) in [7, 11) is 1.57. The number of rotatable bonds is 4. The Morgan fingerprint density at radius 3 is 2.48 bits per heavy atom. The second-order valence-corrected chi connectivity index (χ2v) is 7.77. The van der Waals surface area contributed by atoms with E-state index < -0.39 is 5.41 Å². The van der Waals surface area contributed by atoms with Gasteiger partial charge in [0.2, 0.25) is 5.91 Å². The Bertz CT molecular complexity index is 719. The first-order valence-electron chi connectivity index (χ1n) is 8.53. The number of aryl methyl sites for hydroxylation is 1. The van der Waals surface area contributed by atoms with Gasteiger partial charge in [-0.3, -0.25) is 14.4 Å². The number of halogens is 1. The predicted octanol–water partition coefficient (Wildman–Crippen LogP) is 2.46. The van der Waals surface area contributed by atoms with Gasteiger partial charge >= 0.3 is 0 Å². The molecule has 0 saturated carbocycles. The van der Waals surface area contributed by atoms with Crippen molar-refractivity contribution in [2.75, 3.05) is 24.3 Å². The molecule has 0 aromatic carbocycles. The van der Waals surface area contributed by atoms with Gasteiger partial charge in [0.05, 0.1) is 11.0 Å². The van der Waals surface area contributed by atoms with Crippen molar-refractivity contribution in [1.82, 2.24) is 9.47 Å². The smallest absolute Gasteiger partial charge is 0.274 e. The van der Waals surface area contributed by atoms with Crippen LogP contribution in [0, 0.1) is 11.3 Å². The summed E-state index contributed by atoms with van der Waals surface area (Å²) in [6.45, 7) is 7.00. The molecule has 1 aliphatic heterocycles. The second kappa shape index (κ2) is 7.60. The van der Waals surface area contributed by atoms with Crippen molar-refractivity contribution in [3.05, 3.63) is 28.2 Å². The quantitative estimate of drug-likeness (QED) is 0.831. The molecule has 1 saturated heterocycles. The van der Waals surface area contributed by atoms with E-state index in [-0.39, 0.29) is 28.9 Å². The van der Waals surface area contributed by atoms with Crippen LogP contribution in [0.3, 0.4) is 0 Å². The molecule has 0 aliphatic carbocycles. The number of nitrogens with zero attached hydrogens (tertiary/aromatic N) is 2. The molecule has 25 heavy (non-hydrogen) atoms. The third kappa shape index (κ3) is 4.42. The minimum Gasteiger partial charge on any atom is -0.339 e. The molecule has 0 spiro atoms. The van der Waals surface area contributed by atoms with Crippen molar-refractivity contribution in [3.8, 4) is 0 Å². The summed E-state index contributed by atoms with van der Waals surface area (Å²) in [4.78, 5) is 39.2. The number of likely N-dealkylation sites (tertiary alicyclic amines) is 1. The van der Waals surface area contributed by atoms with Crippen molar-refractivity contribution >= 4 is 29.1 Å². The van der Waals surface area contributed by atoms with Crippen LogP contribution < -0.4 is 10.9 Å². The molecule has 6 nitrogen and oxygen atoms in total. The lowest BCUT2D eigenvalue weighted by Gasteiger charge is -2.30. The van der Waals surface area contributed by atoms with Crippen LogP contribution in [0.1, 0.15) is 44.0 Å². The fourth-order valence-corrected chi connectivity index (χ4v) is 2.79. The first-order valence-corrected chi connectivity index (χ1v) is 9.06. The Hall–Kier alpha value is -1.82. The third-order valence-corrected chi connectivity index (χ3v) is 5.37. The Morgan fingerprint density at radius 1 is 1.32 bits per heavy atom. The maximum Gasteiger partial charge on any atom is 0.274 e. The van der Waals surface area contributed by atoms with Crippen molar-refractivity contribution in [3.63, 3.8) is 0 Å². The van der Waals surface area contributed by atoms with Crippen LogP contribution in [0.15, 0.2) is 17.1 Å². The van der Waals surface area contributed by atoms with Gasteiger partial charge in [-0.1, -0.05) is 6.92 Å².